The van der Waals surface area contributed by atoms with Gasteiger partial charge in [0.15, 0.2) is 0 Å². The van der Waals surface area contributed by atoms with Crippen LogP contribution in [0, 0.1) is 0 Å². The number of aryl methyl sites for hydroxylation is 1. The second-order valence-electron chi connectivity index (χ2n) is 6.68. The van der Waals surface area contributed by atoms with Gasteiger partial charge in [-0.25, -0.2) is 0 Å². The lowest BCUT2D eigenvalue weighted by atomic mass is 10.1. The summed E-state index contributed by atoms with van der Waals surface area (Å²) in [6.07, 6.45) is 4.28. The predicted molar refractivity (Wildman–Crippen MR) is 93.4 cm³/mol. The summed E-state index contributed by atoms with van der Waals surface area (Å²) in [6.45, 7) is 5.93. The van der Waals surface area contributed by atoms with Gasteiger partial charge < -0.3 is 14.8 Å². The minimum Gasteiger partial charge on any atom is -0.354 e. The number of anilines is 2. The van der Waals surface area contributed by atoms with Gasteiger partial charge in [0.2, 0.25) is 11.9 Å². The van der Waals surface area contributed by atoms with Crippen molar-refractivity contribution in [3.05, 3.63) is 17.5 Å². The van der Waals surface area contributed by atoms with Gasteiger partial charge in [0.05, 0.1) is 0 Å². The van der Waals surface area contributed by atoms with Crippen molar-refractivity contribution in [2.24, 2.45) is 0 Å². The first-order valence-corrected chi connectivity index (χ1v) is 8.62. The van der Waals surface area contributed by atoms with Gasteiger partial charge in [-0.3, -0.25) is 0 Å². The van der Waals surface area contributed by atoms with E-state index in [0.717, 1.165) is 43.4 Å². The summed E-state index contributed by atoms with van der Waals surface area (Å²) in [4.78, 5) is 15.4. The van der Waals surface area contributed by atoms with E-state index in [1.54, 1.807) is 0 Å². The largest absolute Gasteiger partial charge is 0.354 e. The molecule has 0 spiro atoms. The molecule has 8 nitrogen and oxygen atoms in total. The quantitative estimate of drug-likeness (QED) is 0.862. The molecule has 0 saturated heterocycles. The molecular formula is C16H26N8. The fraction of sp³-hybridized carbons (Fsp3) is 0.688. The zero-order valence-corrected chi connectivity index (χ0v) is 15.0. The summed E-state index contributed by atoms with van der Waals surface area (Å²) in [6, 6.07) is 0. The fourth-order valence-corrected chi connectivity index (χ4v) is 2.76. The summed E-state index contributed by atoms with van der Waals surface area (Å²) < 4.78 is 2.25. The molecule has 0 aliphatic carbocycles. The van der Waals surface area contributed by atoms with Crippen LogP contribution in [0.5, 0.6) is 0 Å². The maximum Gasteiger partial charge on any atom is 0.229 e. The van der Waals surface area contributed by atoms with Crippen molar-refractivity contribution in [2.75, 3.05) is 30.9 Å². The molecule has 24 heavy (non-hydrogen) atoms. The van der Waals surface area contributed by atoms with Gasteiger partial charge in [-0.2, -0.15) is 15.0 Å². The second kappa shape index (κ2) is 7.11. The van der Waals surface area contributed by atoms with Crippen LogP contribution in [0.4, 0.5) is 11.9 Å². The third kappa shape index (κ3) is 3.63. The Morgan fingerprint density at radius 1 is 1.12 bits per heavy atom. The van der Waals surface area contributed by atoms with Crippen LogP contribution >= 0.6 is 0 Å². The standard InChI is InChI=1S/C16H26N8/c1-11(2)14-18-15(20-16(19-14)23(3)4)17-9-8-13-22-21-12-7-5-6-10-24(12)13/h11H,5-10H2,1-4H3,(H,17,18,19,20). The van der Waals surface area contributed by atoms with Gasteiger partial charge in [-0.15, -0.1) is 10.2 Å². The van der Waals surface area contributed by atoms with Gasteiger partial charge in [0, 0.05) is 45.9 Å². The normalized spacial score (nSPS) is 13.9. The predicted octanol–water partition coefficient (Wildman–Crippen LogP) is 1.64. The molecule has 1 aliphatic rings. The van der Waals surface area contributed by atoms with Crippen molar-refractivity contribution in [1.82, 2.24) is 29.7 Å². The van der Waals surface area contributed by atoms with Crippen LogP contribution in [-0.4, -0.2) is 50.4 Å². The van der Waals surface area contributed by atoms with E-state index < -0.39 is 0 Å². The maximum atomic E-state index is 4.52. The Morgan fingerprint density at radius 3 is 2.71 bits per heavy atom. The van der Waals surface area contributed by atoms with E-state index in [2.05, 4.69) is 48.9 Å². The fourth-order valence-electron chi connectivity index (χ4n) is 2.76. The van der Waals surface area contributed by atoms with Crippen LogP contribution in [0.3, 0.4) is 0 Å². The van der Waals surface area contributed by atoms with Gasteiger partial charge >= 0.3 is 0 Å². The Balaban J connectivity index is 1.67. The van der Waals surface area contributed by atoms with Crippen LogP contribution in [0.2, 0.25) is 0 Å². The van der Waals surface area contributed by atoms with Crippen LogP contribution in [0.1, 0.15) is 50.1 Å². The van der Waals surface area contributed by atoms with Crippen LogP contribution < -0.4 is 10.2 Å². The Morgan fingerprint density at radius 2 is 1.96 bits per heavy atom. The van der Waals surface area contributed by atoms with Gasteiger partial charge in [0.1, 0.15) is 17.5 Å². The van der Waals surface area contributed by atoms with Crippen molar-refractivity contribution in [3.63, 3.8) is 0 Å². The molecule has 2 aromatic rings. The Hall–Kier alpha value is -2.25. The molecule has 0 saturated carbocycles. The number of hydrogen-bond acceptors (Lipinski definition) is 7. The zero-order valence-electron chi connectivity index (χ0n) is 15.0. The first-order valence-electron chi connectivity index (χ1n) is 8.62. The van der Waals surface area contributed by atoms with E-state index in [1.165, 1.54) is 12.8 Å². The Bertz CT molecular complexity index is 665. The van der Waals surface area contributed by atoms with E-state index in [1.807, 2.05) is 19.0 Å². The van der Waals surface area contributed by atoms with Gasteiger partial charge in [0.25, 0.3) is 0 Å². The van der Waals surface area contributed by atoms with Crippen molar-refractivity contribution in [3.8, 4) is 0 Å². The molecule has 0 bridgehead atoms. The maximum absolute atomic E-state index is 4.52. The monoisotopic (exact) mass is 330 g/mol. The highest BCUT2D eigenvalue weighted by Gasteiger charge is 2.16. The minimum absolute atomic E-state index is 0.260. The minimum atomic E-state index is 0.260. The van der Waals surface area contributed by atoms with E-state index in [9.17, 15) is 0 Å². The third-order valence-corrected chi connectivity index (χ3v) is 4.13. The van der Waals surface area contributed by atoms with E-state index in [-0.39, 0.29) is 5.92 Å². The lowest BCUT2D eigenvalue weighted by molar-refractivity contribution is 0.508. The molecule has 3 heterocycles. The lowest BCUT2D eigenvalue weighted by Gasteiger charge is -2.16. The molecule has 2 aromatic heterocycles. The van der Waals surface area contributed by atoms with Crippen molar-refractivity contribution in [2.45, 2.75) is 52.0 Å². The topological polar surface area (TPSA) is 84.7 Å². The average Bonchev–Trinajstić information content (AvgIpc) is 2.98. The molecular weight excluding hydrogens is 304 g/mol. The van der Waals surface area contributed by atoms with Gasteiger partial charge in [-0.05, 0) is 12.8 Å². The summed E-state index contributed by atoms with van der Waals surface area (Å²) in [5, 5.41) is 11.9. The van der Waals surface area contributed by atoms with E-state index >= 15 is 0 Å². The SMILES string of the molecule is CC(C)c1nc(NCCc2nnc3n2CCCC3)nc(N(C)C)n1. The summed E-state index contributed by atoms with van der Waals surface area (Å²) in [5.74, 6) is 4.52. The number of hydrogen-bond donors (Lipinski definition) is 1. The molecule has 130 valence electrons. The summed E-state index contributed by atoms with van der Waals surface area (Å²) >= 11 is 0. The van der Waals surface area contributed by atoms with Crippen molar-refractivity contribution in [1.29, 1.82) is 0 Å². The highest BCUT2D eigenvalue weighted by atomic mass is 15.3. The summed E-state index contributed by atoms with van der Waals surface area (Å²) in [7, 11) is 3.87. The van der Waals surface area contributed by atoms with Crippen LogP contribution in [0.25, 0.3) is 0 Å². The Labute approximate surface area is 142 Å². The number of aromatic nitrogens is 6. The first kappa shape index (κ1) is 16.6. The number of rotatable bonds is 6. The number of nitrogens with zero attached hydrogens (tertiary/aromatic N) is 7. The van der Waals surface area contributed by atoms with Gasteiger partial charge in [-0.1, -0.05) is 13.8 Å². The molecule has 1 aliphatic heterocycles. The van der Waals surface area contributed by atoms with E-state index in [4.69, 9.17) is 0 Å². The molecule has 0 radical (unpaired) electrons. The molecule has 0 atom stereocenters. The molecule has 0 unspecified atom stereocenters. The second-order valence-corrected chi connectivity index (χ2v) is 6.68. The highest BCUT2D eigenvalue weighted by molar-refractivity contribution is 5.36. The molecule has 0 amide bonds. The Kier molecular flexibility index (Phi) is 4.92. The molecule has 3 rings (SSSR count). The third-order valence-electron chi connectivity index (χ3n) is 4.13. The van der Waals surface area contributed by atoms with Crippen molar-refractivity contribution >= 4 is 11.9 Å². The molecule has 0 aromatic carbocycles. The van der Waals surface area contributed by atoms with E-state index in [0.29, 0.717) is 11.9 Å². The molecule has 1 N–H and O–H groups in total. The number of nitrogens with one attached hydrogen (secondary N) is 1. The number of fused-ring (bicyclic) bond motifs is 1. The first-order chi connectivity index (χ1) is 11.5. The smallest absolute Gasteiger partial charge is 0.229 e. The van der Waals surface area contributed by atoms with Crippen LogP contribution in [-0.2, 0) is 19.4 Å². The lowest BCUT2D eigenvalue weighted by Crippen LogP contribution is -2.19. The zero-order chi connectivity index (χ0) is 17.1. The highest BCUT2D eigenvalue weighted by Crippen LogP contribution is 2.16. The van der Waals surface area contributed by atoms with Crippen LogP contribution in [0.15, 0.2) is 0 Å². The molecule has 0 fully saturated rings. The average molecular weight is 330 g/mol. The molecule has 8 heteroatoms. The van der Waals surface area contributed by atoms with Crippen molar-refractivity contribution < 1.29 is 0 Å². The summed E-state index contributed by atoms with van der Waals surface area (Å²) in [5.41, 5.74) is 0.